The fourth-order valence-electron chi connectivity index (χ4n) is 4.23. The second kappa shape index (κ2) is 9.34. The highest BCUT2D eigenvalue weighted by atomic mass is 35.5. The summed E-state index contributed by atoms with van der Waals surface area (Å²) < 4.78 is 16.8. The largest absolute Gasteiger partial charge is 0.355 e. The molecule has 8 nitrogen and oxygen atoms in total. The summed E-state index contributed by atoms with van der Waals surface area (Å²) in [6.45, 7) is 2.04. The lowest BCUT2D eigenvalue weighted by Crippen LogP contribution is -2.19. The van der Waals surface area contributed by atoms with Crippen LogP contribution >= 0.6 is 11.6 Å². The first-order chi connectivity index (χ1) is 16.9. The number of carbonyl (C=O) groups is 1. The minimum atomic E-state index is -0.604. The lowest BCUT2D eigenvalue weighted by molar-refractivity contribution is 0.0963. The summed E-state index contributed by atoms with van der Waals surface area (Å²) >= 11 is 6.29. The van der Waals surface area contributed by atoms with Gasteiger partial charge in [0.15, 0.2) is 5.82 Å². The Morgan fingerprint density at radius 2 is 1.97 bits per heavy atom. The van der Waals surface area contributed by atoms with Crippen LogP contribution in [0, 0.1) is 12.7 Å². The van der Waals surface area contributed by atoms with Gasteiger partial charge in [0.1, 0.15) is 16.7 Å². The number of anilines is 4. The van der Waals surface area contributed by atoms with Crippen molar-refractivity contribution < 1.29 is 9.18 Å². The van der Waals surface area contributed by atoms with E-state index in [-0.39, 0.29) is 28.0 Å². The van der Waals surface area contributed by atoms with E-state index in [4.69, 9.17) is 11.6 Å². The molecule has 0 aliphatic carbocycles. The summed E-state index contributed by atoms with van der Waals surface area (Å²) in [5.74, 6) is 0.444. The molecule has 2 aromatic carbocycles. The van der Waals surface area contributed by atoms with Crippen LogP contribution in [0.1, 0.15) is 33.9 Å². The normalized spacial score (nSPS) is 12.3. The molecule has 0 saturated carbocycles. The second-order valence-electron chi connectivity index (χ2n) is 8.23. The molecule has 0 fully saturated rings. The highest BCUT2D eigenvalue weighted by Gasteiger charge is 2.19. The number of imidazole rings is 1. The first-order valence-electron chi connectivity index (χ1n) is 11.2. The quantitative estimate of drug-likeness (QED) is 0.359. The molecule has 1 amide bonds. The zero-order valence-electron chi connectivity index (χ0n) is 19.2. The van der Waals surface area contributed by atoms with Crippen molar-refractivity contribution in [2.24, 2.45) is 0 Å². The molecule has 0 saturated heterocycles. The molecule has 0 bridgehead atoms. The van der Waals surface area contributed by atoms with Crippen molar-refractivity contribution in [2.45, 2.75) is 26.2 Å². The maximum Gasteiger partial charge on any atom is 0.253 e. The highest BCUT2D eigenvalue weighted by Crippen LogP contribution is 2.31. The van der Waals surface area contributed by atoms with E-state index in [1.54, 1.807) is 0 Å². The van der Waals surface area contributed by atoms with Gasteiger partial charge in [0.2, 0.25) is 5.95 Å². The van der Waals surface area contributed by atoms with E-state index >= 15 is 0 Å². The maximum atomic E-state index is 14.6. The zero-order valence-corrected chi connectivity index (χ0v) is 19.9. The van der Waals surface area contributed by atoms with Crippen LogP contribution in [0.2, 0.25) is 5.02 Å². The molecule has 5 rings (SSSR count). The lowest BCUT2D eigenvalue weighted by Gasteiger charge is -2.15. The second-order valence-corrected chi connectivity index (χ2v) is 8.64. The summed E-state index contributed by atoms with van der Waals surface area (Å²) in [7, 11) is 1.48. The van der Waals surface area contributed by atoms with E-state index in [1.807, 2.05) is 25.3 Å². The molecule has 0 unspecified atom stereocenters. The predicted molar refractivity (Wildman–Crippen MR) is 134 cm³/mol. The number of aryl methyl sites for hydroxylation is 3. The monoisotopic (exact) mass is 491 g/mol. The van der Waals surface area contributed by atoms with Gasteiger partial charge < -0.3 is 20.5 Å². The number of para-hydroxylation sites is 1. The average molecular weight is 492 g/mol. The summed E-state index contributed by atoms with van der Waals surface area (Å²) in [5, 5.41) is 8.74. The van der Waals surface area contributed by atoms with E-state index in [0.29, 0.717) is 0 Å². The van der Waals surface area contributed by atoms with Gasteiger partial charge in [-0.05, 0) is 49.6 Å². The molecule has 3 N–H and O–H groups in total. The number of rotatable bonds is 5. The number of nitrogens with zero attached hydrogens (tertiary/aromatic N) is 4. The van der Waals surface area contributed by atoms with Gasteiger partial charge in [-0.3, -0.25) is 4.79 Å². The molecule has 1 aliphatic heterocycles. The Bertz CT molecular complexity index is 1440. The third kappa shape index (κ3) is 4.42. The molecule has 2 aromatic heterocycles. The van der Waals surface area contributed by atoms with Crippen LogP contribution in [-0.4, -0.2) is 32.5 Å². The van der Waals surface area contributed by atoms with Crippen LogP contribution in [0.25, 0.3) is 5.69 Å². The van der Waals surface area contributed by atoms with Gasteiger partial charge in [-0.2, -0.15) is 4.98 Å². The Labute approximate surface area is 206 Å². The molecule has 0 atom stereocenters. The summed E-state index contributed by atoms with van der Waals surface area (Å²) in [5.41, 5.74) is 4.30. The number of nitrogens with one attached hydrogen (secondary N) is 3. The summed E-state index contributed by atoms with van der Waals surface area (Å²) in [6, 6.07) is 10.3. The van der Waals surface area contributed by atoms with Gasteiger partial charge in [0, 0.05) is 31.0 Å². The van der Waals surface area contributed by atoms with Gasteiger partial charge in [0.05, 0.1) is 23.1 Å². The summed E-state index contributed by atoms with van der Waals surface area (Å²) in [6.07, 6.45) is 6.25. The zero-order chi connectivity index (χ0) is 24.5. The van der Waals surface area contributed by atoms with Crippen LogP contribution in [0.4, 0.5) is 27.5 Å². The minimum Gasteiger partial charge on any atom is -0.355 e. The number of hydrogen-bond acceptors (Lipinski definition) is 6. The molecule has 4 aromatic rings. The molecule has 3 heterocycles. The first-order valence-corrected chi connectivity index (χ1v) is 11.6. The first kappa shape index (κ1) is 22.8. The number of carbonyl (C=O) groups excluding carboxylic acids is 1. The van der Waals surface area contributed by atoms with Crippen LogP contribution in [-0.2, 0) is 12.8 Å². The molecule has 0 spiro atoms. The predicted octanol–water partition coefficient (Wildman–Crippen LogP) is 5.10. The number of fused-ring (bicyclic) bond motifs is 3. The molecular weight excluding hydrogens is 469 g/mol. The van der Waals surface area contributed by atoms with Gasteiger partial charge in [-0.15, -0.1) is 0 Å². The Morgan fingerprint density at radius 1 is 1.11 bits per heavy atom. The van der Waals surface area contributed by atoms with Crippen LogP contribution < -0.4 is 16.0 Å². The van der Waals surface area contributed by atoms with Crippen LogP contribution in [0.15, 0.2) is 48.8 Å². The van der Waals surface area contributed by atoms with Crippen molar-refractivity contribution in [1.29, 1.82) is 0 Å². The van der Waals surface area contributed by atoms with Crippen LogP contribution in [0.5, 0.6) is 0 Å². The standard InChI is InChI=1S/C25H23ClFN7O/c1-14-12-29-21-8-3-5-15-9-10-16(11-20(15)34(14)21)31-25-30-13-18(26)23(33-25)32-22-17(24(35)28-2)6-4-7-19(22)27/h4,6-7,9-13H,3,5,8H2,1-2H3,(H,28,35)(H2,30,31,32,33). The Hall–Kier alpha value is -3.98. The van der Waals surface area contributed by atoms with E-state index in [0.717, 1.165) is 42.2 Å². The van der Waals surface area contributed by atoms with Crippen molar-refractivity contribution in [3.63, 3.8) is 0 Å². The Morgan fingerprint density at radius 3 is 2.80 bits per heavy atom. The fraction of sp³-hybridized carbons (Fsp3) is 0.200. The topological polar surface area (TPSA) is 96.8 Å². The molecule has 35 heavy (non-hydrogen) atoms. The van der Waals surface area contributed by atoms with Crippen molar-refractivity contribution in [3.05, 3.63) is 82.3 Å². The van der Waals surface area contributed by atoms with Gasteiger partial charge >= 0.3 is 0 Å². The molecule has 178 valence electrons. The van der Waals surface area contributed by atoms with Crippen LogP contribution in [0.3, 0.4) is 0 Å². The Kier molecular flexibility index (Phi) is 6.08. The SMILES string of the molecule is CNC(=O)c1cccc(F)c1Nc1nc(Nc2ccc3c(c2)-n2c(C)cnc2CCC3)ncc1Cl. The number of hydrogen-bond donors (Lipinski definition) is 3. The third-order valence-electron chi connectivity index (χ3n) is 5.91. The van der Waals surface area contributed by atoms with E-state index in [2.05, 4.69) is 41.5 Å². The van der Waals surface area contributed by atoms with E-state index in [9.17, 15) is 9.18 Å². The summed E-state index contributed by atoms with van der Waals surface area (Å²) in [4.78, 5) is 25.5. The van der Waals surface area contributed by atoms with Gasteiger partial charge in [-0.25, -0.2) is 14.4 Å². The van der Waals surface area contributed by atoms with Crippen molar-refractivity contribution in [2.75, 3.05) is 17.7 Å². The molecule has 0 radical (unpaired) electrons. The minimum absolute atomic E-state index is 0.0217. The van der Waals surface area contributed by atoms with E-state index < -0.39 is 11.7 Å². The van der Waals surface area contributed by atoms with Crippen molar-refractivity contribution in [1.82, 2.24) is 24.8 Å². The van der Waals surface area contributed by atoms with E-state index in [1.165, 1.54) is 37.0 Å². The average Bonchev–Trinajstić information content (AvgIpc) is 3.11. The number of aromatic nitrogens is 4. The van der Waals surface area contributed by atoms with Gasteiger partial charge in [-0.1, -0.05) is 23.7 Å². The number of halogens is 2. The fourth-order valence-corrected chi connectivity index (χ4v) is 4.37. The van der Waals surface area contributed by atoms with Gasteiger partial charge in [0.25, 0.3) is 5.91 Å². The smallest absolute Gasteiger partial charge is 0.253 e. The molecular formula is C25H23ClFN7O. The lowest BCUT2D eigenvalue weighted by atomic mass is 10.1. The third-order valence-corrected chi connectivity index (χ3v) is 6.19. The maximum absolute atomic E-state index is 14.6. The highest BCUT2D eigenvalue weighted by molar-refractivity contribution is 6.33. The Balaban J connectivity index is 1.47. The molecule has 10 heteroatoms. The van der Waals surface area contributed by atoms with Crippen molar-refractivity contribution >= 4 is 40.6 Å². The van der Waals surface area contributed by atoms with Crippen molar-refractivity contribution in [3.8, 4) is 5.69 Å². The number of benzene rings is 2. The number of amides is 1. The molecule has 1 aliphatic rings.